The van der Waals surface area contributed by atoms with Crippen molar-refractivity contribution in [1.29, 1.82) is 0 Å². The Morgan fingerprint density at radius 1 is 1.03 bits per heavy atom. The van der Waals surface area contributed by atoms with Gasteiger partial charge in [-0.05, 0) is 41.8 Å². The zero-order valence-corrected chi connectivity index (χ0v) is 18.9. The summed E-state index contributed by atoms with van der Waals surface area (Å²) < 4.78 is 63.4. The van der Waals surface area contributed by atoms with Crippen molar-refractivity contribution >= 4 is 5.97 Å². The number of carboxylic acids is 1. The van der Waals surface area contributed by atoms with Gasteiger partial charge in [0.05, 0.1) is 13.0 Å². The summed E-state index contributed by atoms with van der Waals surface area (Å²) in [5, 5.41) is 9.11. The van der Waals surface area contributed by atoms with E-state index < -0.39 is 30.6 Å². The first-order valence-electron chi connectivity index (χ1n) is 10.8. The van der Waals surface area contributed by atoms with Crippen molar-refractivity contribution in [3.63, 3.8) is 0 Å². The zero-order valence-electron chi connectivity index (χ0n) is 18.9. The number of halogens is 4. The van der Waals surface area contributed by atoms with Gasteiger partial charge in [0.15, 0.2) is 0 Å². The molecule has 1 atom stereocenters. The Labute approximate surface area is 200 Å². The summed E-state index contributed by atoms with van der Waals surface area (Å²) in [4.78, 5) is 11.1. The van der Waals surface area contributed by atoms with E-state index in [1.165, 1.54) is 0 Å². The molecule has 0 spiro atoms. The van der Waals surface area contributed by atoms with E-state index in [2.05, 4.69) is 0 Å². The summed E-state index contributed by atoms with van der Waals surface area (Å²) in [6.07, 6.45) is -4.71. The van der Waals surface area contributed by atoms with Gasteiger partial charge >= 0.3 is 12.1 Å². The Morgan fingerprint density at radius 2 is 1.71 bits per heavy atom. The highest BCUT2D eigenvalue weighted by Gasteiger charge is 2.27. The summed E-state index contributed by atoms with van der Waals surface area (Å²) in [7, 11) is 0. The predicted octanol–water partition coefficient (Wildman–Crippen LogP) is 5.80. The molecule has 0 aromatic heterocycles. The van der Waals surface area contributed by atoms with Crippen molar-refractivity contribution in [2.45, 2.75) is 38.8 Å². The van der Waals surface area contributed by atoms with Gasteiger partial charge < -0.3 is 20.3 Å². The Balaban J connectivity index is 1.93. The summed E-state index contributed by atoms with van der Waals surface area (Å²) in [5.41, 5.74) is 8.25. The van der Waals surface area contributed by atoms with Crippen LogP contribution in [0.1, 0.15) is 35.2 Å². The Morgan fingerprint density at radius 3 is 2.37 bits per heavy atom. The molecule has 0 heterocycles. The topological polar surface area (TPSA) is 81.8 Å². The van der Waals surface area contributed by atoms with Crippen molar-refractivity contribution < 1.29 is 36.9 Å². The molecule has 186 valence electrons. The predicted molar refractivity (Wildman–Crippen MR) is 122 cm³/mol. The number of hydrogen-bond donors (Lipinski definition) is 2. The fraction of sp³-hybridized carbons (Fsp3) is 0.269. The highest BCUT2D eigenvalue weighted by Crippen LogP contribution is 2.30. The number of carboxylic acid groups (broad SMARTS) is 1. The number of alkyl halides is 3. The molecule has 0 radical (unpaired) electrons. The Hall–Kier alpha value is -3.43. The fourth-order valence-corrected chi connectivity index (χ4v) is 3.61. The summed E-state index contributed by atoms with van der Waals surface area (Å²) >= 11 is 0. The molecule has 35 heavy (non-hydrogen) atoms. The van der Waals surface area contributed by atoms with Crippen LogP contribution in [0.25, 0.3) is 11.1 Å². The monoisotopic (exact) mass is 491 g/mol. The lowest BCUT2D eigenvalue weighted by Crippen LogP contribution is -2.16. The van der Waals surface area contributed by atoms with E-state index in [1.54, 1.807) is 67.6 Å². The minimum absolute atomic E-state index is 0.0225. The maximum Gasteiger partial charge on any atom is 0.411 e. The van der Waals surface area contributed by atoms with Gasteiger partial charge in [-0.2, -0.15) is 13.2 Å². The summed E-state index contributed by atoms with van der Waals surface area (Å²) in [6, 6.07) is 15.7. The average Bonchev–Trinajstić information content (AvgIpc) is 2.77. The number of benzene rings is 3. The summed E-state index contributed by atoms with van der Waals surface area (Å²) in [6.45, 7) is -0.131. The van der Waals surface area contributed by atoms with Crippen LogP contribution < -0.4 is 10.5 Å². The van der Waals surface area contributed by atoms with Crippen LogP contribution in [-0.4, -0.2) is 23.9 Å². The number of aliphatic carboxylic acids is 1. The number of ether oxygens (including phenoxy) is 2. The van der Waals surface area contributed by atoms with Crippen LogP contribution >= 0.6 is 0 Å². The second-order valence-electron chi connectivity index (χ2n) is 8.11. The third-order valence-corrected chi connectivity index (χ3v) is 5.13. The molecule has 9 heteroatoms. The molecule has 0 aliphatic heterocycles. The molecule has 5 nitrogen and oxygen atoms in total. The molecular formula is C26H25F4NO4. The minimum atomic E-state index is -4.48. The average molecular weight is 491 g/mol. The molecule has 0 amide bonds. The maximum absolute atomic E-state index is 15.2. The lowest BCUT2D eigenvalue weighted by atomic mass is 9.96. The van der Waals surface area contributed by atoms with E-state index >= 15 is 4.39 Å². The number of para-hydroxylation sites is 1. The quantitative estimate of drug-likeness (QED) is 0.351. The molecule has 0 saturated heterocycles. The van der Waals surface area contributed by atoms with Crippen LogP contribution in [0.15, 0.2) is 60.7 Å². The number of hydrogen-bond acceptors (Lipinski definition) is 4. The molecule has 0 aliphatic carbocycles. The van der Waals surface area contributed by atoms with E-state index in [9.17, 15) is 18.0 Å². The molecule has 3 rings (SSSR count). The minimum Gasteiger partial charge on any atom is -0.489 e. The molecule has 3 aromatic rings. The molecule has 0 fully saturated rings. The molecule has 0 bridgehead atoms. The van der Waals surface area contributed by atoms with Gasteiger partial charge in [-0.1, -0.05) is 42.5 Å². The van der Waals surface area contributed by atoms with Crippen LogP contribution in [0.2, 0.25) is 0 Å². The van der Waals surface area contributed by atoms with Crippen LogP contribution in [0.4, 0.5) is 17.6 Å². The van der Waals surface area contributed by atoms with Crippen molar-refractivity contribution in [2.75, 3.05) is 6.61 Å². The lowest BCUT2D eigenvalue weighted by molar-refractivity contribution is -0.176. The number of rotatable bonds is 10. The first-order valence-corrected chi connectivity index (χ1v) is 10.8. The van der Waals surface area contributed by atoms with Crippen LogP contribution in [-0.2, 0) is 29.2 Å². The maximum atomic E-state index is 15.2. The molecule has 0 aliphatic rings. The number of nitrogens with two attached hydrogens (primary N) is 1. The molecule has 3 aromatic carbocycles. The van der Waals surface area contributed by atoms with Gasteiger partial charge in [0.1, 0.15) is 24.8 Å². The first-order chi connectivity index (χ1) is 16.5. The SMILES string of the molecule is CC(N)c1cccc(-c2cc(COCC(F)(F)F)cc(COc3ccccc3CC(=O)O)c2)c1F. The molecule has 3 N–H and O–H groups in total. The lowest BCUT2D eigenvalue weighted by Gasteiger charge is -2.15. The highest BCUT2D eigenvalue weighted by molar-refractivity contribution is 5.71. The third-order valence-electron chi connectivity index (χ3n) is 5.13. The standard InChI is InChI=1S/C26H25F4NO4/c1-16(31)21-6-4-7-22(25(21)27)20-10-17(13-34-15-26(28,29)30)9-18(11-20)14-35-23-8-3-2-5-19(23)12-24(32)33/h2-11,16H,12-15,31H2,1H3,(H,32,33). The van der Waals surface area contributed by atoms with Gasteiger partial charge in [-0.25, -0.2) is 4.39 Å². The van der Waals surface area contributed by atoms with Crippen molar-refractivity contribution in [3.8, 4) is 16.9 Å². The Kier molecular flexibility index (Phi) is 8.48. The van der Waals surface area contributed by atoms with E-state index in [1.807, 2.05) is 0 Å². The second-order valence-corrected chi connectivity index (χ2v) is 8.11. The van der Waals surface area contributed by atoms with Gasteiger partial charge in [-0.3, -0.25) is 4.79 Å². The normalized spacial score (nSPS) is 12.4. The first kappa shape index (κ1) is 26.2. The smallest absolute Gasteiger partial charge is 0.411 e. The van der Waals surface area contributed by atoms with Gasteiger partial charge in [0.25, 0.3) is 0 Å². The zero-order chi connectivity index (χ0) is 25.6. The molecule has 0 saturated carbocycles. The van der Waals surface area contributed by atoms with Crippen LogP contribution in [0.3, 0.4) is 0 Å². The third kappa shape index (κ3) is 7.53. The van der Waals surface area contributed by atoms with Gasteiger partial charge in [0.2, 0.25) is 0 Å². The van der Waals surface area contributed by atoms with E-state index in [0.29, 0.717) is 33.6 Å². The number of carbonyl (C=O) groups is 1. The van der Waals surface area contributed by atoms with Gasteiger partial charge in [0, 0.05) is 22.7 Å². The van der Waals surface area contributed by atoms with Crippen molar-refractivity contribution in [2.24, 2.45) is 5.73 Å². The van der Waals surface area contributed by atoms with Crippen LogP contribution in [0, 0.1) is 5.82 Å². The second kappa shape index (κ2) is 11.3. The molecule has 1 unspecified atom stereocenters. The van der Waals surface area contributed by atoms with Crippen molar-refractivity contribution in [1.82, 2.24) is 0 Å². The Bertz CT molecular complexity index is 1180. The van der Waals surface area contributed by atoms with Crippen molar-refractivity contribution in [3.05, 3.63) is 88.7 Å². The van der Waals surface area contributed by atoms with E-state index in [0.717, 1.165) is 0 Å². The van der Waals surface area contributed by atoms with E-state index in [4.69, 9.17) is 20.3 Å². The largest absolute Gasteiger partial charge is 0.489 e. The van der Waals surface area contributed by atoms with E-state index in [-0.39, 0.29) is 25.2 Å². The van der Waals surface area contributed by atoms with Crippen LogP contribution in [0.5, 0.6) is 5.75 Å². The van der Waals surface area contributed by atoms with Gasteiger partial charge in [-0.15, -0.1) is 0 Å². The fourth-order valence-electron chi connectivity index (χ4n) is 3.61. The highest BCUT2D eigenvalue weighted by atomic mass is 19.4. The molecular weight excluding hydrogens is 466 g/mol. The summed E-state index contributed by atoms with van der Waals surface area (Å²) in [5.74, 6) is -1.17.